The number of aromatic nitrogens is 4. The van der Waals surface area contributed by atoms with Crippen LogP contribution in [-0.4, -0.2) is 39.4 Å². The Balaban J connectivity index is 0.00000264. The highest BCUT2D eigenvalue weighted by molar-refractivity contribution is 5.85. The summed E-state index contributed by atoms with van der Waals surface area (Å²) in [6.07, 6.45) is 0. The van der Waals surface area contributed by atoms with Gasteiger partial charge in [0.15, 0.2) is 5.82 Å². The van der Waals surface area contributed by atoms with Gasteiger partial charge >= 0.3 is 5.97 Å². The fourth-order valence-electron chi connectivity index (χ4n) is 1.86. The number of ether oxygens (including phenoxy) is 2. The van der Waals surface area contributed by atoms with Gasteiger partial charge in [0.05, 0.1) is 25.8 Å². The molecule has 1 unspecified atom stereocenters. The standard InChI is InChI=1S/C14H19N5O3.ClH/c1-11(20)22-8-7-19-14(16-17-18-19)13(15)10-21-9-12-5-3-2-4-6-12;/h2-6,13H,7-10,15H2,1H3;1H. The molecule has 1 heterocycles. The van der Waals surface area contributed by atoms with Gasteiger partial charge in [0.1, 0.15) is 6.61 Å². The molecule has 0 saturated heterocycles. The number of hydrogen-bond donors (Lipinski definition) is 1. The summed E-state index contributed by atoms with van der Waals surface area (Å²) in [6.45, 7) is 2.68. The zero-order valence-corrected chi connectivity index (χ0v) is 13.6. The number of tetrazole rings is 1. The summed E-state index contributed by atoms with van der Waals surface area (Å²) in [7, 11) is 0. The van der Waals surface area contributed by atoms with Gasteiger partial charge in [0.2, 0.25) is 0 Å². The lowest BCUT2D eigenvalue weighted by molar-refractivity contribution is -0.141. The minimum atomic E-state index is -0.448. The third kappa shape index (κ3) is 6.31. The molecule has 0 aliphatic heterocycles. The van der Waals surface area contributed by atoms with Crippen molar-refractivity contribution in [3.05, 3.63) is 41.7 Å². The van der Waals surface area contributed by atoms with E-state index in [-0.39, 0.29) is 25.0 Å². The van der Waals surface area contributed by atoms with Crippen molar-refractivity contribution in [2.24, 2.45) is 5.73 Å². The number of hydrogen-bond acceptors (Lipinski definition) is 7. The first-order valence-electron chi connectivity index (χ1n) is 6.93. The SMILES string of the molecule is CC(=O)OCCn1nnnc1C(N)COCc1ccccc1.Cl. The van der Waals surface area contributed by atoms with Crippen LogP contribution in [0.4, 0.5) is 0 Å². The summed E-state index contributed by atoms with van der Waals surface area (Å²) < 4.78 is 12.0. The monoisotopic (exact) mass is 341 g/mol. The number of carbonyl (C=O) groups is 1. The molecular formula is C14H20ClN5O3. The molecule has 9 heteroatoms. The van der Waals surface area contributed by atoms with Gasteiger partial charge in [-0.3, -0.25) is 4.79 Å². The topological polar surface area (TPSA) is 105 Å². The second-order valence-corrected chi connectivity index (χ2v) is 4.71. The number of nitrogens with zero attached hydrogens (tertiary/aromatic N) is 4. The quantitative estimate of drug-likeness (QED) is 0.710. The van der Waals surface area contributed by atoms with Gasteiger partial charge in [-0.2, -0.15) is 0 Å². The predicted molar refractivity (Wildman–Crippen MR) is 84.7 cm³/mol. The molecule has 1 aromatic heterocycles. The van der Waals surface area contributed by atoms with Crippen LogP contribution in [0.5, 0.6) is 0 Å². The van der Waals surface area contributed by atoms with Crippen LogP contribution >= 0.6 is 12.4 Å². The Hall–Kier alpha value is -2.03. The van der Waals surface area contributed by atoms with Gasteiger partial charge < -0.3 is 15.2 Å². The molecule has 126 valence electrons. The number of halogens is 1. The molecule has 0 saturated carbocycles. The van der Waals surface area contributed by atoms with Gasteiger partial charge in [-0.1, -0.05) is 30.3 Å². The van der Waals surface area contributed by atoms with E-state index in [1.54, 1.807) is 0 Å². The second kappa shape index (κ2) is 9.88. The summed E-state index contributed by atoms with van der Waals surface area (Å²) in [6, 6.07) is 9.37. The minimum Gasteiger partial charge on any atom is -0.464 e. The van der Waals surface area contributed by atoms with E-state index in [1.807, 2.05) is 30.3 Å². The number of rotatable bonds is 8. The van der Waals surface area contributed by atoms with Crippen LogP contribution < -0.4 is 5.73 Å². The van der Waals surface area contributed by atoms with E-state index in [1.165, 1.54) is 11.6 Å². The molecule has 2 rings (SSSR count). The summed E-state index contributed by atoms with van der Waals surface area (Å²) in [5, 5.41) is 11.3. The van der Waals surface area contributed by atoms with Crippen molar-refractivity contribution >= 4 is 18.4 Å². The zero-order valence-electron chi connectivity index (χ0n) is 12.8. The van der Waals surface area contributed by atoms with E-state index in [0.29, 0.717) is 25.6 Å². The molecule has 8 nitrogen and oxygen atoms in total. The summed E-state index contributed by atoms with van der Waals surface area (Å²) in [5.74, 6) is 0.158. The van der Waals surface area contributed by atoms with Crippen molar-refractivity contribution in [3.8, 4) is 0 Å². The van der Waals surface area contributed by atoms with Crippen molar-refractivity contribution < 1.29 is 14.3 Å². The molecule has 0 radical (unpaired) electrons. The predicted octanol–water partition coefficient (Wildman–Crippen LogP) is 0.875. The smallest absolute Gasteiger partial charge is 0.302 e. The van der Waals surface area contributed by atoms with Crippen LogP contribution in [0.2, 0.25) is 0 Å². The molecule has 1 aromatic carbocycles. The van der Waals surface area contributed by atoms with Crippen LogP contribution in [0.3, 0.4) is 0 Å². The first-order valence-corrected chi connectivity index (χ1v) is 6.93. The van der Waals surface area contributed by atoms with Crippen molar-refractivity contribution in [2.45, 2.75) is 26.1 Å². The third-order valence-electron chi connectivity index (χ3n) is 2.91. The Morgan fingerprint density at radius 2 is 2.09 bits per heavy atom. The number of nitrogens with two attached hydrogens (primary N) is 1. The highest BCUT2D eigenvalue weighted by Crippen LogP contribution is 2.08. The van der Waals surface area contributed by atoms with Crippen LogP contribution in [0.25, 0.3) is 0 Å². The van der Waals surface area contributed by atoms with Gasteiger partial charge in [0.25, 0.3) is 0 Å². The fraction of sp³-hybridized carbons (Fsp3) is 0.429. The minimum absolute atomic E-state index is 0. The lowest BCUT2D eigenvalue weighted by Crippen LogP contribution is -2.23. The first-order chi connectivity index (χ1) is 10.7. The Kier molecular flexibility index (Phi) is 8.17. The lowest BCUT2D eigenvalue weighted by atomic mass is 10.2. The number of esters is 1. The van der Waals surface area contributed by atoms with Crippen LogP contribution in [0.15, 0.2) is 30.3 Å². The average Bonchev–Trinajstić information content (AvgIpc) is 2.96. The average molecular weight is 342 g/mol. The van der Waals surface area contributed by atoms with Crippen molar-refractivity contribution in [1.82, 2.24) is 20.2 Å². The molecule has 0 fully saturated rings. The van der Waals surface area contributed by atoms with Gasteiger partial charge in [-0.25, -0.2) is 4.68 Å². The van der Waals surface area contributed by atoms with Crippen molar-refractivity contribution in [2.75, 3.05) is 13.2 Å². The second-order valence-electron chi connectivity index (χ2n) is 4.71. The van der Waals surface area contributed by atoms with E-state index in [4.69, 9.17) is 15.2 Å². The molecule has 0 amide bonds. The van der Waals surface area contributed by atoms with Crippen molar-refractivity contribution in [1.29, 1.82) is 0 Å². The number of benzene rings is 1. The Morgan fingerprint density at radius 3 is 2.78 bits per heavy atom. The summed E-state index contributed by atoms with van der Waals surface area (Å²) >= 11 is 0. The van der Waals surface area contributed by atoms with Crippen molar-refractivity contribution in [3.63, 3.8) is 0 Å². The molecule has 0 aliphatic carbocycles. The van der Waals surface area contributed by atoms with Crippen LogP contribution in [-0.2, 0) is 27.4 Å². The van der Waals surface area contributed by atoms with Gasteiger partial charge in [-0.05, 0) is 16.0 Å². The molecule has 2 N–H and O–H groups in total. The maximum absolute atomic E-state index is 10.7. The molecule has 23 heavy (non-hydrogen) atoms. The maximum atomic E-state index is 10.7. The maximum Gasteiger partial charge on any atom is 0.302 e. The summed E-state index contributed by atoms with van der Waals surface area (Å²) in [5.41, 5.74) is 7.11. The Bertz CT molecular complexity index is 593. The Labute approximate surface area is 140 Å². The zero-order chi connectivity index (χ0) is 15.8. The molecule has 1 atom stereocenters. The lowest BCUT2D eigenvalue weighted by Gasteiger charge is -2.12. The Morgan fingerprint density at radius 1 is 1.35 bits per heavy atom. The van der Waals surface area contributed by atoms with Gasteiger partial charge in [-0.15, -0.1) is 17.5 Å². The van der Waals surface area contributed by atoms with Gasteiger partial charge in [0, 0.05) is 6.92 Å². The normalized spacial score (nSPS) is 11.6. The van der Waals surface area contributed by atoms with Crippen LogP contribution in [0.1, 0.15) is 24.4 Å². The fourth-order valence-corrected chi connectivity index (χ4v) is 1.86. The van der Waals surface area contributed by atoms with E-state index in [9.17, 15) is 4.79 Å². The van der Waals surface area contributed by atoms with Crippen LogP contribution in [0, 0.1) is 0 Å². The van der Waals surface area contributed by atoms with E-state index < -0.39 is 6.04 Å². The number of carbonyl (C=O) groups excluding carboxylic acids is 1. The molecule has 2 aromatic rings. The van der Waals surface area contributed by atoms with E-state index in [2.05, 4.69) is 15.5 Å². The summed E-state index contributed by atoms with van der Waals surface area (Å²) in [4.78, 5) is 10.7. The molecule has 0 bridgehead atoms. The molecular weight excluding hydrogens is 322 g/mol. The van der Waals surface area contributed by atoms with E-state index in [0.717, 1.165) is 5.56 Å². The molecule has 0 spiro atoms. The van der Waals surface area contributed by atoms with E-state index >= 15 is 0 Å². The highest BCUT2D eigenvalue weighted by Gasteiger charge is 2.15. The highest BCUT2D eigenvalue weighted by atomic mass is 35.5. The third-order valence-corrected chi connectivity index (χ3v) is 2.91. The largest absolute Gasteiger partial charge is 0.464 e. The first kappa shape index (κ1) is 19.0. The molecule has 0 aliphatic rings.